The normalized spacial score (nSPS) is 54.8. The van der Waals surface area contributed by atoms with Gasteiger partial charge in [-0.15, -0.1) is 0 Å². The zero-order valence-corrected chi connectivity index (χ0v) is 21.5. The number of hydrogen-bond acceptors (Lipinski definition) is 8. The van der Waals surface area contributed by atoms with Gasteiger partial charge < -0.3 is 34.6 Å². The molecule has 8 heteroatoms. The zero-order valence-electron chi connectivity index (χ0n) is 21.5. The van der Waals surface area contributed by atoms with Gasteiger partial charge in [0.1, 0.15) is 24.9 Å². The van der Waals surface area contributed by atoms with Gasteiger partial charge in [-0.25, -0.2) is 4.79 Å². The summed E-state index contributed by atoms with van der Waals surface area (Å²) in [6.07, 6.45) is 5.63. The monoisotopic (exact) mass is 506 g/mol. The molecule has 2 aliphatic heterocycles. The van der Waals surface area contributed by atoms with Crippen LogP contribution in [0.3, 0.4) is 0 Å². The Labute approximate surface area is 213 Å². The van der Waals surface area contributed by atoms with E-state index in [0.717, 1.165) is 63.4 Å². The molecule has 12 atom stereocenters. The molecule has 6 aliphatic rings. The molecule has 4 N–H and O–H groups in total. The SMILES string of the molecule is C[C@]12CC[C@H](OC3OC[C@H](O)[C@@H](O)[C@@H]3O)C[C@H]1CCC1C2CC[C@]2(C)[C@@H](C3=CCOC3=O)CC[C@]12O. The molecule has 3 unspecified atom stereocenters. The molecule has 5 fully saturated rings. The van der Waals surface area contributed by atoms with Gasteiger partial charge in [0, 0.05) is 11.0 Å². The Bertz CT molecular complexity index is 921. The first-order chi connectivity index (χ1) is 17.1. The molecule has 0 spiro atoms. The Morgan fingerprint density at radius 3 is 2.53 bits per heavy atom. The molecule has 8 nitrogen and oxygen atoms in total. The molecular formula is C28H42O8. The maximum absolute atomic E-state index is 12.4. The molecule has 6 rings (SSSR count). The zero-order chi connectivity index (χ0) is 25.5. The minimum absolute atomic E-state index is 0.0481. The summed E-state index contributed by atoms with van der Waals surface area (Å²) in [5.74, 6) is 1.01. The van der Waals surface area contributed by atoms with Crippen molar-refractivity contribution in [2.45, 2.75) is 108 Å². The minimum Gasteiger partial charge on any atom is -0.458 e. The molecule has 2 heterocycles. The molecule has 0 aromatic rings. The van der Waals surface area contributed by atoms with E-state index in [1.165, 1.54) is 0 Å². The van der Waals surface area contributed by atoms with Crippen molar-refractivity contribution in [3.8, 4) is 0 Å². The lowest BCUT2D eigenvalue weighted by Gasteiger charge is -2.63. The number of carbonyl (C=O) groups is 1. The first kappa shape index (κ1) is 25.3. The second-order valence-electron chi connectivity index (χ2n) is 13.0. The highest BCUT2D eigenvalue weighted by Gasteiger charge is 2.68. The number of cyclic esters (lactones) is 1. The van der Waals surface area contributed by atoms with E-state index < -0.39 is 30.2 Å². The van der Waals surface area contributed by atoms with Gasteiger partial charge >= 0.3 is 5.97 Å². The van der Waals surface area contributed by atoms with Gasteiger partial charge in [-0.3, -0.25) is 0 Å². The number of fused-ring (bicyclic) bond motifs is 5. The Hall–Kier alpha value is -1.03. The number of ether oxygens (including phenoxy) is 3. The summed E-state index contributed by atoms with van der Waals surface area (Å²) < 4.78 is 16.9. The first-order valence-electron chi connectivity index (χ1n) is 14.0. The maximum atomic E-state index is 12.4. The van der Waals surface area contributed by atoms with Crippen LogP contribution in [0.4, 0.5) is 0 Å². The van der Waals surface area contributed by atoms with E-state index in [9.17, 15) is 25.2 Å². The number of esters is 1. The molecule has 0 amide bonds. The van der Waals surface area contributed by atoms with Crippen molar-refractivity contribution >= 4 is 5.97 Å². The van der Waals surface area contributed by atoms with Gasteiger partial charge in [-0.2, -0.15) is 0 Å². The van der Waals surface area contributed by atoms with E-state index in [1.54, 1.807) is 0 Å². The number of aliphatic hydroxyl groups is 4. The number of rotatable bonds is 3. The van der Waals surface area contributed by atoms with Crippen molar-refractivity contribution < 1.29 is 39.4 Å². The third-order valence-electron chi connectivity index (χ3n) is 11.7. The second-order valence-corrected chi connectivity index (χ2v) is 13.0. The van der Waals surface area contributed by atoms with Crippen molar-refractivity contribution in [1.29, 1.82) is 0 Å². The number of aliphatic hydroxyl groups excluding tert-OH is 3. The van der Waals surface area contributed by atoms with Crippen LogP contribution in [0.25, 0.3) is 0 Å². The standard InChI is InChI=1S/C28H42O8/c1-26-9-5-16(36-25-23(31)22(30)21(29)14-35-25)13-15(26)3-4-20-19(26)6-10-27(2)18(7-11-28(20,27)33)17-8-12-34-24(17)32/h8,15-16,18-23,25,29-31,33H,3-7,9-14H2,1-2H3/t15-,16+,18-,19?,20?,21+,22-,23+,25?,26+,27-,28+/m1/s1. The van der Waals surface area contributed by atoms with E-state index >= 15 is 0 Å². The summed E-state index contributed by atoms with van der Waals surface area (Å²) in [7, 11) is 0. The van der Waals surface area contributed by atoms with Crippen molar-refractivity contribution in [3.05, 3.63) is 11.6 Å². The molecule has 4 aliphatic carbocycles. The molecule has 4 saturated carbocycles. The van der Waals surface area contributed by atoms with Gasteiger partial charge in [0.25, 0.3) is 0 Å². The maximum Gasteiger partial charge on any atom is 0.334 e. The van der Waals surface area contributed by atoms with Crippen LogP contribution in [0.5, 0.6) is 0 Å². The number of carbonyl (C=O) groups excluding carboxylic acids is 1. The Morgan fingerprint density at radius 2 is 1.78 bits per heavy atom. The molecule has 0 radical (unpaired) electrons. The van der Waals surface area contributed by atoms with Crippen LogP contribution in [0.2, 0.25) is 0 Å². The fraction of sp³-hybridized carbons (Fsp3) is 0.893. The highest BCUT2D eigenvalue weighted by molar-refractivity contribution is 5.91. The van der Waals surface area contributed by atoms with E-state index in [1.807, 2.05) is 6.08 Å². The van der Waals surface area contributed by atoms with E-state index in [2.05, 4.69) is 13.8 Å². The third kappa shape index (κ3) is 3.51. The second kappa shape index (κ2) is 8.75. The minimum atomic E-state index is -1.26. The van der Waals surface area contributed by atoms with Crippen LogP contribution in [0, 0.1) is 34.5 Å². The summed E-state index contributed by atoms with van der Waals surface area (Å²) in [6.45, 7) is 4.93. The molecule has 202 valence electrons. The van der Waals surface area contributed by atoms with Gasteiger partial charge in [-0.05, 0) is 93.0 Å². The first-order valence-corrected chi connectivity index (χ1v) is 14.0. The molecule has 0 aromatic carbocycles. The van der Waals surface area contributed by atoms with Crippen LogP contribution < -0.4 is 0 Å². The van der Waals surface area contributed by atoms with Crippen LogP contribution in [-0.4, -0.2) is 75.9 Å². The van der Waals surface area contributed by atoms with Crippen molar-refractivity contribution in [1.82, 2.24) is 0 Å². The lowest BCUT2D eigenvalue weighted by Crippen LogP contribution is -2.62. The Kier molecular flexibility index (Phi) is 6.14. The molecule has 0 aromatic heterocycles. The highest BCUT2D eigenvalue weighted by Crippen LogP contribution is 2.70. The van der Waals surface area contributed by atoms with Crippen LogP contribution in [-0.2, 0) is 19.0 Å². The van der Waals surface area contributed by atoms with Gasteiger partial charge in [0.15, 0.2) is 6.29 Å². The lowest BCUT2D eigenvalue weighted by molar-refractivity contribution is -0.290. The lowest BCUT2D eigenvalue weighted by atomic mass is 9.43. The highest BCUT2D eigenvalue weighted by atomic mass is 16.7. The van der Waals surface area contributed by atoms with Crippen LogP contribution >= 0.6 is 0 Å². The topological polar surface area (TPSA) is 126 Å². The van der Waals surface area contributed by atoms with E-state index in [0.29, 0.717) is 18.4 Å². The smallest absolute Gasteiger partial charge is 0.334 e. The number of hydrogen-bond donors (Lipinski definition) is 4. The molecule has 1 saturated heterocycles. The van der Waals surface area contributed by atoms with E-state index in [4.69, 9.17) is 14.2 Å². The quantitative estimate of drug-likeness (QED) is 0.339. The average molecular weight is 507 g/mol. The van der Waals surface area contributed by atoms with Crippen LogP contribution in [0.15, 0.2) is 11.6 Å². The fourth-order valence-electron chi connectivity index (χ4n) is 9.55. The molecule has 36 heavy (non-hydrogen) atoms. The van der Waals surface area contributed by atoms with Crippen molar-refractivity contribution in [3.63, 3.8) is 0 Å². The predicted molar refractivity (Wildman–Crippen MR) is 128 cm³/mol. The van der Waals surface area contributed by atoms with Crippen molar-refractivity contribution in [2.75, 3.05) is 13.2 Å². The van der Waals surface area contributed by atoms with Gasteiger partial charge in [0.05, 0.1) is 18.3 Å². The van der Waals surface area contributed by atoms with Gasteiger partial charge in [0.2, 0.25) is 0 Å². The summed E-state index contributed by atoms with van der Waals surface area (Å²) in [4.78, 5) is 12.4. The van der Waals surface area contributed by atoms with Gasteiger partial charge in [-0.1, -0.05) is 13.8 Å². The summed E-state index contributed by atoms with van der Waals surface area (Å²) >= 11 is 0. The third-order valence-corrected chi connectivity index (χ3v) is 11.7. The molecular weight excluding hydrogens is 464 g/mol. The fourth-order valence-corrected chi connectivity index (χ4v) is 9.55. The van der Waals surface area contributed by atoms with Crippen LogP contribution in [0.1, 0.15) is 71.6 Å². The largest absolute Gasteiger partial charge is 0.458 e. The summed E-state index contributed by atoms with van der Waals surface area (Å²) in [6, 6.07) is 0. The van der Waals surface area contributed by atoms with Crippen molar-refractivity contribution in [2.24, 2.45) is 34.5 Å². The average Bonchev–Trinajstić information content (AvgIpc) is 3.39. The summed E-state index contributed by atoms with van der Waals surface area (Å²) in [5, 5.41) is 42.4. The predicted octanol–water partition coefficient (Wildman–Crippen LogP) is 2.07. The summed E-state index contributed by atoms with van der Waals surface area (Å²) in [5.41, 5.74) is -0.158. The van der Waals surface area contributed by atoms with E-state index in [-0.39, 0.29) is 41.3 Å². The molecule has 0 bridgehead atoms. The Balaban J connectivity index is 1.17. The Morgan fingerprint density at radius 1 is 0.972 bits per heavy atom.